The zero-order chi connectivity index (χ0) is 15.5. The predicted molar refractivity (Wildman–Crippen MR) is 67.7 cm³/mol. The number of hydrogen-bond donors (Lipinski definition) is 1. The third kappa shape index (κ3) is 3.26. The molecule has 1 aromatic carbocycles. The van der Waals surface area contributed by atoms with E-state index in [4.69, 9.17) is 4.74 Å². The van der Waals surface area contributed by atoms with Crippen molar-refractivity contribution >= 4 is 15.8 Å². The average molecular weight is 306 g/mol. The third-order valence-corrected chi connectivity index (χ3v) is 3.61. The Kier molecular flexibility index (Phi) is 5.07. The summed E-state index contributed by atoms with van der Waals surface area (Å²) in [6.45, 7) is 1.53. The van der Waals surface area contributed by atoms with Crippen LogP contribution < -0.4 is 4.74 Å². The summed E-state index contributed by atoms with van der Waals surface area (Å²) in [6, 6.07) is 2.24. The molecule has 0 saturated carbocycles. The predicted octanol–water partition coefficient (Wildman–Crippen LogP) is 0.834. The van der Waals surface area contributed by atoms with Crippen LogP contribution in [0.15, 0.2) is 17.0 Å². The van der Waals surface area contributed by atoms with Gasteiger partial charge in [0.15, 0.2) is 21.8 Å². The van der Waals surface area contributed by atoms with Crippen LogP contribution >= 0.6 is 0 Å². The van der Waals surface area contributed by atoms with Crippen LogP contribution in [0.3, 0.4) is 0 Å². The van der Waals surface area contributed by atoms with E-state index in [1.54, 1.807) is 0 Å². The van der Waals surface area contributed by atoms with Crippen molar-refractivity contribution in [2.45, 2.75) is 17.9 Å². The lowest BCUT2D eigenvalue weighted by Crippen LogP contribution is -2.18. The molecule has 0 saturated heterocycles. The van der Waals surface area contributed by atoms with Crippen molar-refractivity contribution in [2.75, 3.05) is 20.0 Å². The maximum absolute atomic E-state index is 14.2. The minimum Gasteiger partial charge on any atom is -0.495 e. The maximum atomic E-state index is 14.2. The van der Waals surface area contributed by atoms with E-state index in [-0.39, 0.29) is 12.4 Å². The Hall–Kier alpha value is -1.67. The first-order chi connectivity index (χ1) is 9.23. The van der Waals surface area contributed by atoms with Crippen molar-refractivity contribution in [3.8, 4) is 5.75 Å². The molecule has 0 spiro atoms. The van der Waals surface area contributed by atoms with Crippen molar-refractivity contribution in [1.29, 1.82) is 0 Å². The number of rotatable bonds is 5. The Morgan fingerprint density at radius 1 is 1.45 bits per heavy atom. The monoisotopic (exact) mass is 306 g/mol. The summed E-state index contributed by atoms with van der Waals surface area (Å²) < 4.78 is 46.7. The molecule has 0 heterocycles. The molecular weight excluding hydrogens is 291 g/mol. The van der Waals surface area contributed by atoms with E-state index in [1.807, 2.05) is 0 Å². The number of carbonyl (C=O) groups excluding carboxylic acids is 1. The van der Waals surface area contributed by atoms with Crippen LogP contribution in [0.25, 0.3) is 0 Å². The van der Waals surface area contributed by atoms with E-state index in [0.29, 0.717) is 0 Å². The van der Waals surface area contributed by atoms with Gasteiger partial charge >= 0.3 is 5.97 Å². The topological polar surface area (TPSA) is 89.9 Å². The third-order valence-electron chi connectivity index (χ3n) is 2.49. The van der Waals surface area contributed by atoms with Crippen LogP contribution in [0.2, 0.25) is 0 Å². The van der Waals surface area contributed by atoms with E-state index in [0.717, 1.165) is 18.4 Å². The van der Waals surface area contributed by atoms with E-state index in [2.05, 4.69) is 4.74 Å². The zero-order valence-electron chi connectivity index (χ0n) is 11.2. The smallest absolute Gasteiger partial charge is 0.339 e. The normalized spacial score (nSPS) is 12.8. The van der Waals surface area contributed by atoms with Gasteiger partial charge in [-0.05, 0) is 19.1 Å². The largest absolute Gasteiger partial charge is 0.495 e. The Morgan fingerprint density at radius 3 is 2.50 bits per heavy atom. The number of benzene rings is 1. The second kappa shape index (κ2) is 6.19. The fraction of sp³-hybridized carbons (Fsp3) is 0.417. The van der Waals surface area contributed by atoms with Crippen LogP contribution in [0.5, 0.6) is 5.75 Å². The van der Waals surface area contributed by atoms with Gasteiger partial charge in [0.25, 0.3) is 0 Å². The second-order valence-electron chi connectivity index (χ2n) is 3.93. The number of esters is 1. The van der Waals surface area contributed by atoms with Gasteiger partial charge < -0.3 is 14.6 Å². The van der Waals surface area contributed by atoms with Gasteiger partial charge in [-0.2, -0.15) is 0 Å². The van der Waals surface area contributed by atoms with Gasteiger partial charge in [-0.25, -0.2) is 17.6 Å². The average Bonchev–Trinajstić information content (AvgIpc) is 2.36. The highest BCUT2D eigenvalue weighted by Gasteiger charge is 2.29. The Labute approximate surface area is 116 Å². The highest BCUT2D eigenvalue weighted by atomic mass is 32.2. The zero-order valence-corrected chi connectivity index (χ0v) is 12.0. The van der Waals surface area contributed by atoms with Gasteiger partial charge in [-0.15, -0.1) is 0 Å². The number of ether oxygens (including phenoxy) is 2. The molecule has 0 aliphatic carbocycles. The molecule has 0 radical (unpaired) electrons. The van der Waals surface area contributed by atoms with Crippen molar-refractivity contribution in [2.24, 2.45) is 0 Å². The fourth-order valence-electron chi connectivity index (χ4n) is 1.62. The van der Waals surface area contributed by atoms with Crippen LogP contribution in [-0.4, -0.2) is 39.5 Å². The molecule has 0 amide bonds. The van der Waals surface area contributed by atoms with Gasteiger partial charge in [0.1, 0.15) is 10.6 Å². The molecule has 1 aromatic rings. The van der Waals surface area contributed by atoms with Crippen molar-refractivity contribution in [1.82, 2.24) is 0 Å². The fourth-order valence-corrected chi connectivity index (χ4v) is 2.58. The number of aliphatic hydroxyl groups is 1. The van der Waals surface area contributed by atoms with Crippen LogP contribution in [0.4, 0.5) is 4.39 Å². The minimum atomic E-state index is -3.93. The number of hydrogen-bond acceptors (Lipinski definition) is 6. The molecule has 1 rings (SSSR count). The lowest BCUT2D eigenvalue weighted by molar-refractivity contribution is -0.153. The summed E-state index contributed by atoms with van der Waals surface area (Å²) in [5.41, 5.74) is -0.482. The lowest BCUT2D eigenvalue weighted by atomic mass is 10.1. The summed E-state index contributed by atoms with van der Waals surface area (Å²) in [7, 11) is -2.75. The van der Waals surface area contributed by atoms with E-state index < -0.39 is 38.2 Å². The second-order valence-corrected chi connectivity index (χ2v) is 5.88. The van der Waals surface area contributed by atoms with Gasteiger partial charge in [0, 0.05) is 11.8 Å². The number of sulfone groups is 1. The van der Waals surface area contributed by atoms with Gasteiger partial charge in [0.05, 0.1) is 13.7 Å². The molecule has 8 heteroatoms. The molecule has 1 N–H and O–H groups in total. The minimum absolute atomic E-state index is 0.00655. The quantitative estimate of drug-likeness (QED) is 0.811. The highest BCUT2D eigenvalue weighted by Crippen LogP contribution is 2.31. The van der Waals surface area contributed by atoms with Gasteiger partial charge in [-0.3, -0.25) is 0 Å². The van der Waals surface area contributed by atoms with Gasteiger partial charge in [0.2, 0.25) is 0 Å². The summed E-state index contributed by atoms with van der Waals surface area (Å²) in [5.74, 6) is -2.49. The van der Waals surface area contributed by atoms with Crippen molar-refractivity contribution in [3.05, 3.63) is 23.5 Å². The summed E-state index contributed by atoms with van der Waals surface area (Å²) >= 11 is 0. The molecule has 20 heavy (non-hydrogen) atoms. The Balaban J connectivity index is 3.42. The van der Waals surface area contributed by atoms with E-state index >= 15 is 0 Å². The van der Waals surface area contributed by atoms with E-state index in [1.165, 1.54) is 14.0 Å². The molecule has 1 unspecified atom stereocenters. The molecular formula is C12H15FO6S. The summed E-state index contributed by atoms with van der Waals surface area (Å²) in [4.78, 5) is 10.7. The van der Waals surface area contributed by atoms with Crippen LogP contribution in [0.1, 0.15) is 18.6 Å². The number of carbonyl (C=O) groups is 1. The number of methoxy groups -OCH3 is 1. The lowest BCUT2D eigenvalue weighted by Gasteiger charge is -2.14. The molecule has 0 aliphatic heterocycles. The van der Waals surface area contributed by atoms with E-state index in [9.17, 15) is 22.7 Å². The first kappa shape index (κ1) is 16.4. The summed E-state index contributed by atoms with van der Waals surface area (Å²) in [5, 5.41) is 9.70. The standard InChI is InChI=1S/C12H15FO6S/c1-4-19-12(15)10(14)7-5-6-8(18-2)11(9(7)13)20(3,16)17/h5-6,10,14H,4H2,1-3H3. The first-order valence-corrected chi connectivity index (χ1v) is 7.54. The van der Waals surface area contributed by atoms with Crippen LogP contribution in [0, 0.1) is 5.82 Å². The SMILES string of the molecule is CCOC(=O)C(O)c1ccc(OC)c(S(C)(=O)=O)c1F. The van der Waals surface area contributed by atoms with Crippen molar-refractivity contribution < 1.29 is 32.2 Å². The Bertz CT molecular complexity index is 611. The molecule has 0 fully saturated rings. The molecule has 0 bridgehead atoms. The molecule has 1 atom stereocenters. The number of halogens is 1. The van der Waals surface area contributed by atoms with Crippen molar-refractivity contribution in [3.63, 3.8) is 0 Å². The summed E-state index contributed by atoms with van der Waals surface area (Å²) in [6.07, 6.45) is -1.10. The maximum Gasteiger partial charge on any atom is 0.339 e. The number of aliphatic hydroxyl groups excluding tert-OH is 1. The van der Waals surface area contributed by atoms with Crippen LogP contribution in [-0.2, 0) is 19.4 Å². The molecule has 0 aromatic heterocycles. The Morgan fingerprint density at radius 2 is 2.05 bits per heavy atom. The highest BCUT2D eigenvalue weighted by molar-refractivity contribution is 7.90. The van der Waals surface area contributed by atoms with Gasteiger partial charge in [-0.1, -0.05) is 0 Å². The molecule has 112 valence electrons. The molecule has 6 nitrogen and oxygen atoms in total. The molecule has 0 aliphatic rings. The first-order valence-electron chi connectivity index (χ1n) is 5.65.